The van der Waals surface area contributed by atoms with Gasteiger partial charge in [-0.25, -0.2) is 14.2 Å². The highest BCUT2D eigenvalue weighted by atomic mass is 35.5. The highest BCUT2D eigenvalue weighted by Crippen LogP contribution is 2.25. The Morgan fingerprint density at radius 2 is 1.96 bits per heavy atom. The van der Waals surface area contributed by atoms with Gasteiger partial charge < -0.3 is 4.74 Å². The molecule has 0 spiro atoms. The zero-order valence-corrected chi connectivity index (χ0v) is 15.7. The molecular weight excluding hydrogens is 391 g/mol. The number of esters is 1. The normalized spacial score (nSPS) is 10.5. The first-order valence-corrected chi connectivity index (χ1v) is 9.13. The molecule has 0 unspecified atom stereocenters. The van der Waals surface area contributed by atoms with Crippen molar-refractivity contribution in [1.82, 2.24) is 4.98 Å². The number of hydrogen-bond acceptors (Lipinski definition) is 5. The summed E-state index contributed by atoms with van der Waals surface area (Å²) >= 11 is 7.06. The number of carbonyl (C=O) groups excluding carboxylic acids is 2. The van der Waals surface area contributed by atoms with Gasteiger partial charge in [-0.3, -0.25) is 10.1 Å². The lowest BCUT2D eigenvalue weighted by Gasteiger charge is -2.06. The van der Waals surface area contributed by atoms with Gasteiger partial charge in [-0.1, -0.05) is 41.4 Å². The van der Waals surface area contributed by atoms with E-state index in [1.165, 1.54) is 17.4 Å². The van der Waals surface area contributed by atoms with Crippen LogP contribution in [0.1, 0.15) is 15.9 Å². The van der Waals surface area contributed by atoms with Gasteiger partial charge in [0.25, 0.3) is 5.91 Å². The summed E-state index contributed by atoms with van der Waals surface area (Å²) in [5.41, 5.74) is 2.81. The molecule has 0 radical (unpaired) electrons. The number of halogens is 2. The molecule has 0 saturated heterocycles. The second kappa shape index (κ2) is 8.28. The summed E-state index contributed by atoms with van der Waals surface area (Å²) in [7, 11) is 0. The van der Waals surface area contributed by atoms with Crippen LogP contribution in [-0.4, -0.2) is 23.5 Å². The summed E-state index contributed by atoms with van der Waals surface area (Å²) in [4.78, 5) is 28.2. The summed E-state index contributed by atoms with van der Waals surface area (Å²) in [5.74, 6) is -1.91. The van der Waals surface area contributed by atoms with Gasteiger partial charge >= 0.3 is 5.97 Å². The quantitative estimate of drug-likeness (QED) is 0.625. The lowest BCUT2D eigenvalue weighted by atomic mass is 10.1. The molecule has 0 bridgehead atoms. The molecule has 1 aromatic heterocycles. The summed E-state index contributed by atoms with van der Waals surface area (Å²) in [6.07, 6.45) is 0. The average Bonchev–Trinajstić information content (AvgIpc) is 3.08. The molecule has 3 aromatic rings. The Hall–Kier alpha value is -2.77. The number of ether oxygens (including phenoxy) is 1. The maximum Gasteiger partial charge on any atom is 0.340 e. The predicted molar refractivity (Wildman–Crippen MR) is 103 cm³/mol. The second-order valence-electron chi connectivity index (χ2n) is 5.65. The van der Waals surface area contributed by atoms with Crippen LogP contribution in [0.2, 0.25) is 5.02 Å². The van der Waals surface area contributed by atoms with E-state index in [-0.39, 0.29) is 10.6 Å². The van der Waals surface area contributed by atoms with Crippen molar-refractivity contribution in [3.8, 4) is 11.3 Å². The smallest absolute Gasteiger partial charge is 0.340 e. The number of nitrogens with one attached hydrogen (secondary N) is 1. The van der Waals surface area contributed by atoms with E-state index in [4.69, 9.17) is 16.3 Å². The van der Waals surface area contributed by atoms with Gasteiger partial charge in [-0.05, 0) is 25.1 Å². The predicted octanol–water partition coefficient (Wildman–Crippen LogP) is 4.71. The third kappa shape index (κ3) is 4.90. The fraction of sp³-hybridized carbons (Fsp3) is 0.105. The van der Waals surface area contributed by atoms with E-state index in [0.717, 1.165) is 29.0 Å². The van der Waals surface area contributed by atoms with Crippen molar-refractivity contribution in [3.05, 3.63) is 69.8 Å². The zero-order chi connectivity index (χ0) is 19.4. The molecule has 2 aromatic carbocycles. The highest BCUT2D eigenvalue weighted by Gasteiger charge is 2.15. The van der Waals surface area contributed by atoms with E-state index in [0.29, 0.717) is 5.13 Å². The first-order valence-electron chi connectivity index (χ1n) is 7.87. The minimum atomic E-state index is -0.811. The van der Waals surface area contributed by atoms with Crippen LogP contribution in [0, 0.1) is 12.7 Å². The Morgan fingerprint density at radius 1 is 1.22 bits per heavy atom. The van der Waals surface area contributed by atoms with Gasteiger partial charge in [0.2, 0.25) is 0 Å². The molecule has 0 aliphatic heterocycles. The number of aryl methyl sites for hydroxylation is 1. The van der Waals surface area contributed by atoms with Crippen molar-refractivity contribution in [2.24, 2.45) is 0 Å². The van der Waals surface area contributed by atoms with Crippen LogP contribution < -0.4 is 5.32 Å². The van der Waals surface area contributed by atoms with E-state index in [9.17, 15) is 14.0 Å². The number of amides is 1. The van der Waals surface area contributed by atoms with Gasteiger partial charge in [-0.15, -0.1) is 11.3 Å². The van der Waals surface area contributed by atoms with Crippen LogP contribution in [0.3, 0.4) is 0 Å². The number of anilines is 1. The maximum absolute atomic E-state index is 13.0. The molecule has 0 saturated carbocycles. The van der Waals surface area contributed by atoms with Gasteiger partial charge in [0.15, 0.2) is 11.7 Å². The molecule has 3 rings (SSSR count). The fourth-order valence-electron chi connectivity index (χ4n) is 2.21. The summed E-state index contributed by atoms with van der Waals surface area (Å²) in [5, 5.41) is 4.71. The SMILES string of the molecule is Cc1ccc(-c2csc(NC(=O)COC(=O)c3ccc(F)cc3Cl)n2)cc1. The van der Waals surface area contributed by atoms with E-state index >= 15 is 0 Å². The molecule has 138 valence electrons. The van der Waals surface area contributed by atoms with E-state index in [1.807, 2.05) is 36.6 Å². The highest BCUT2D eigenvalue weighted by molar-refractivity contribution is 7.14. The number of hydrogen-bond donors (Lipinski definition) is 1. The zero-order valence-electron chi connectivity index (χ0n) is 14.2. The Morgan fingerprint density at radius 3 is 2.67 bits per heavy atom. The van der Waals surface area contributed by atoms with E-state index in [1.54, 1.807) is 0 Å². The number of thiazole rings is 1. The second-order valence-corrected chi connectivity index (χ2v) is 6.92. The summed E-state index contributed by atoms with van der Waals surface area (Å²) < 4.78 is 17.9. The molecule has 0 aliphatic rings. The van der Waals surface area contributed by atoms with Crippen LogP contribution in [0.15, 0.2) is 47.8 Å². The maximum atomic E-state index is 13.0. The van der Waals surface area contributed by atoms with Crippen molar-refractivity contribution in [3.63, 3.8) is 0 Å². The van der Waals surface area contributed by atoms with Gasteiger partial charge in [0.1, 0.15) is 5.82 Å². The van der Waals surface area contributed by atoms with E-state index < -0.39 is 24.3 Å². The van der Waals surface area contributed by atoms with Gasteiger partial charge in [0, 0.05) is 10.9 Å². The van der Waals surface area contributed by atoms with Crippen molar-refractivity contribution in [2.45, 2.75) is 6.92 Å². The lowest BCUT2D eigenvalue weighted by Crippen LogP contribution is -2.21. The molecule has 1 amide bonds. The number of nitrogens with zero attached hydrogens (tertiary/aromatic N) is 1. The van der Waals surface area contributed by atoms with Crippen molar-refractivity contribution in [1.29, 1.82) is 0 Å². The van der Waals surface area contributed by atoms with E-state index in [2.05, 4.69) is 10.3 Å². The standard InChI is InChI=1S/C19H14ClFN2O3S/c1-11-2-4-12(5-3-11)16-10-27-19(22-16)23-17(24)9-26-18(25)14-7-6-13(21)8-15(14)20/h2-8,10H,9H2,1H3,(H,22,23,24). The number of rotatable bonds is 5. The number of benzene rings is 2. The summed E-state index contributed by atoms with van der Waals surface area (Å²) in [6.45, 7) is 1.49. The molecule has 27 heavy (non-hydrogen) atoms. The van der Waals surface area contributed by atoms with Crippen LogP contribution >= 0.6 is 22.9 Å². The van der Waals surface area contributed by atoms with Gasteiger partial charge in [-0.2, -0.15) is 0 Å². The number of carbonyl (C=O) groups is 2. The molecule has 1 N–H and O–H groups in total. The molecule has 0 aliphatic carbocycles. The monoisotopic (exact) mass is 404 g/mol. The van der Waals surface area contributed by atoms with Crippen LogP contribution in [0.4, 0.5) is 9.52 Å². The molecule has 0 fully saturated rings. The molecular formula is C19H14ClFN2O3S. The Balaban J connectivity index is 1.56. The number of aromatic nitrogens is 1. The van der Waals surface area contributed by atoms with Crippen molar-refractivity contribution < 1.29 is 18.7 Å². The Labute approximate surface area is 163 Å². The first kappa shape index (κ1) is 19.0. The van der Waals surface area contributed by atoms with Crippen LogP contribution in [0.5, 0.6) is 0 Å². The first-order chi connectivity index (χ1) is 12.9. The van der Waals surface area contributed by atoms with Crippen LogP contribution in [-0.2, 0) is 9.53 Å². The topological polar surface area (TPSA) is 68.3 Å². The van der Waals surface area contributed by atoms with Crippen molar-refractivity contribution in [2.75, 3.05) is 11.9 Å². The Bertz CT molecular complexity index is 989. The average molecular weight is 405 g/mol. The molecule has 5 nitrogen and oxygen atoms in total. The Kier molecular flexibility index (Phi) is 5.83. The van der Waals surface area contributed by atoms with Crippen molar-refractivity contribution >= 4 is 39.9 Å². The van der Waals surface area contributed by atoms with Gasteiger partial charge in [0.05, 0.1) is 16.3 Å². The molecule has 8 heteroatoms. The molecule has 1 heterocycles. The third-order valence-electron chi connectivity index (χ3n) is 3.58. The summed E-state index contributed by atoms with van der Waals surface area (Å²) in [6, 6.07) is 11.1. The minimum Gasteiger partial charge on any atom is -0.452 e. The minimum absolute atomic E-state index is 0.0122. The lowest BCUT2D eigenvalue weighted by molar-refractivity contribution is -0.119. The third-order valence-corrected chi connectivity index (χ3v) is 4.65. The fourth-order valence-corrected chi connectivity index (χ4v) is 3.19. The largest absolute Gasteiger partial charge is 0.452 e. The molecule has 0 atom stereocenters. The van der Waals surface area contributed by atoms with Crippen LogP contribution in [0.25, 0.3) is 11.3 Å².